The van der Waals surface area contributed by atoms with Gasteiger partial charge >= 0.3 is 0 Å². The summed E-state index contributed by atoms with van der Waals surface area (Å²) in [5.41, 5.74) is 1.03. The number of thiophene rings is 1. The second-order valence-corrected chi connectivity index (χ2v) is 7.35. The van der Waals surface area contributed by atoms with Crippen molar-refractivity contribution in [3.8, 4) is 0 Å². The van der Waals surface area contributed by atoms with Crippen LogP contribution in [0.3, 0.4) is 0 Å². The van der Waals surface area contributed by atoms with Crippen molar-refractivity contribution in [2.75, 3.05) is 6.54 Å². The van der Waals surface area contributed by atoms with E-state index in [0.29, 0.717) is 10.1 Å². The van der Waals surface area contributed by atoms with Gasteiger partial charge in [0.2, 0.25) is 10.0 Å². The Labute approximate surface area is 106 Å². The molecule has 0 spiro atoms. The summed E-state index contributed by atoms with van der Waals surface area (Å²) in [6.45, 7) is 5.69. The first kappa shape index (κ1) is 13.0. The average molecular weight is 274 g/mol. The Morgan fingerprint density at radius 1 is 1.53 bits per heavy atom. The third kappa shape index (κ3) is 3.28. The van der Waals surface area contributed by atoms with Gasteiger partial charge in [-0.15, -0.1) is 11.3 Å². The predicted octanol–water partition coefficient (Wildman–Crippen LogP) is 1.54. The van der Waals surface area contributed by atoms with Crippen LogP contribution in [0.5, 0.6) is 0 Å². The van der Waals surface area contributed by atoms with E-state index in [2.05, 4.69) is 17.0 Å². The van der Waals surface area contributed by atoms with Crippen LogP contribution >= 0.6 is 11.3 Å². The number of hydrogen-bond donors (Lipinski definition) is 2. The molecule has 1 heterocycles. The summed E-state index contributed by atoms with van der Waals surface area (Å²) in [5, 5.41) is 5.08. The van der Waals surface area contributed by atoms with Crippen molar-refractivity contribution in [1.82, 2.24) is 10.0 Å². The van der Waals surface area contributed by atoms with Crippen molar-refractivity contribution >= 4 is 21.4 Å². The smallest absolute Gasteiger partial charge is 0.250 e. The molecule has 1 fully saturated rings. The summed E-state index contributed by atoms with van der Waals surface area (Å²) in [7, 11) is -3.29. The molecule has 0 saturated heterocycles. The van der Waals surface area contributed by atoms with Gasteiger partial charge in [0.1, 0.15) is 4.21 Å². The highest BCUT2D eigenvalue weighted by molar-refractivity contribution is 7.91. The molecule has 2 unspecified atom stereocenters. The minimum Gasteiger partial charge on any atom is -0.313 e. The van der Waals surface area contributed by atoms with E-state index in [1.165, 1.54) is 11.3 Å². The average Bonchev–Trinajstić information content (AvgIpc) is 2.81. The molecule has 6 heteroatoms. The van der Waals surface area contributed by atoms with Crippen LogP contribution in [0.4, 0.5) is 0 Å². The van der Waals surface area contributed by atoms with Crippen LogP contribution in [0, 0.1) is 5.92 Å². The number of hydrogen-bond acceptors (Lipinski definition) is 4. The Kier molecular flexibility index (Phi) is 3.87. The SMILES string of the molecule is CCNCc1csc(S(=O)(=O)NC2CC2C)c1. The van der Waals surface area contributed by atoms with Gasteiger partial charge < -0.3 is 5.32 Å². The molecule has 0 radical (unpaired) electrons. The van der Waals surface area contributed by atoms with Crippen molar-refractivity contribution < 1.29 is 8.42 Å². The second kappa shape index (κ2) is 5.06. The topological polar surface area (TPSA) is 58.2 Å². The maximum absolute atomic E-state index is 12.0. The number of nitrogens with one attached hydrogen (secondary N) is 2. The zero-order valence-corrected chi connectivity index (χ0v) is 11.7. The monoisotopic (exact) mass is 274 g/mol. The van der Waals surface area contributed by atoms with Gasteiger partial charge in [-0.2, -0.15) is 0 Å². The normalized spacial score (nSPS) is 23.9. The highest BCUT2D eigenvalue weighted by Gasteiger charge is 2.36. The highest BCUT2D eigenvalue weighted by Crippen LogP contribution is 2.31. The zero-order chi connectivity index (χ0) is 12.5. The van der Waals surface area contributed by atoms with Crippen molar-refractivity contribution in [2.45, 2.75) is 37.1 Å². The molecule has 2 rings (SSSR count). The zero-order valence-electron chi connectivity index (χ0n) is 10.1. The van der Waals surface area contributed by atoms with Crippen molar-refractivity contribution in [3.63, 3.8) is 0 Å². The van der Waals surface area contributed by atoms with Gasteiger partial charge in [-0.3, -0.25) is 0 Å². The molecule has 1 aromatic heterocycles. The molecule has 0 amide bonds. The lowest BCUT2D eigenvalue weighted by Crippen LogP contribution is -2.26. The molecule has 0 aromatic carbocycles. The quantitative estimate of drug-likeness (QED) is 0.827. The second-order valence-electron chi connectivity index (χ2n) is 4.50. The molecule has 1 aliphatic carbocycles. The van der Waals surface area contributed by atoms with Crippen LogP contribution < -0.4 is 10.0 Å². The Balaban J connectivity index is 2.02. The van der Waals surface area contributed by atoms with E-state index in [9.17, 15) is 8.42 Å². The Hall–Kier alpha value is -0.430. The van der Waals surface area contributed by atoms with Gasteiger partial charge in [-0.25, -0.2) is 13.1 Å². The lowest BCUT2D eigenvalue weighted by Gasteiger charge is -2.02. The molecule has 1 saturated carbocycles. The molecule has 2 atom stereocenters. The van der Waals surface area contributed by atoms with Crippen molar-refractivity contribution in [3.05, 3.63) is 17.0 Å². The van der Waals surface area contributed by atoms with Gasteiger partial charge in [0.25, 0.3) is 0 Å². The molecule has 0 bridgehead atoms. The van der Waals surface area contributed by atoms with E-state index in [0.717, 1.165) is 25.1 Å². The Morgan fingerprint density at radius 3 is 2.82 bits per heavy atom. The first-order valence-corrected chi connectivity index (χ1v) is 8.19. The maximum Gasteiger partial charge on any atom is 0.250 e. The molecule has 1 aromatic rings. The lowest BCUT2D eigenvalue weighted by atomic mass is 10.3. The summed E-state index contributed by atoms with van der Waals surface area (Å²) < 4.78 is 27.1. The van der Waals surface area contributed by atoms with Crippen LogP contribution in [-0.4, -0.2) is 21.0 Å². The van der Waals surface area contributed by atoms with Crippen LogP contribution in [0.1, 0.15) is 25.8 Å². The predicted molar refractivity (Wildman–Crippen MR) is 69.6 cm³/mol. The van der Waals surface area contributed by atoms with Crippen LogP contribution in [-0.2, 0) is 16.6 Å². The fourth-order valence-electron chi connectivity index (χ4n) is 1.60. The molecule has 4 nitrogen and oxygen atoms in total. The van der Waals surface area contributed by atoms with E-state index >= 15 is 0 Å². The molecule has 17 heavy (non-hydrogen) atoms. The summed E-state index contributed by atoms with van der Waals surface area (Å²) in [6.07, 6.45) is 0.953. The molecule has 96 valence electrons. The van der Waals surface area contributed by atoms with Crippen LogP contribution in [0.2, 0.25) is 0 Å². The Bertz CT molecular complexity index is 481. The lowest BCUT2D eigenvalue weighted by molar-refractivity contribution is 0.580. The third-order valence-electron chi connectivity index (χ3n) is 2.89. The molecule has 2 N–H and O–H groups in total. The number of rotatable bonds is 6. The Morgan fingerprint density at radius 2 is 2.24 bits per heavy atom. The van der Waals surface area contributed by atoms with Gasteiger partial charge in [0.05, 0.1) is 0 Å². The molecular weight excluding hydrogens is 256 g/mol. The minimum absolute atomic E-state index is 0.138. The van der Waals surface area contributed by atoms with E-state index in [1.807, 2.05) is 12.3 Å². The number of sulfonamides is 1. The molecule has 1 aliphatic rings. The fourth-order valence-corrected chi connectivity index (χ4v) is 4.18. The summed E-state index contributed by atoms with van der Waals surface area (Å²) in [6, 6.07) is 1.89. The standard InChI is InChI=1S/C11H18N2O2S2/c1-3-12-6-9-5-11(16-7-9)17(14,15)13-10-4-8(10)2/h5,7-8,10,12-13H,3-4,6H2,1-2H3. The largest absolute Gasteiger partial charge is 0.313 e. The summed E-state index contributed by atoms with van der Waals surface area (Å²) in [4.78, 5) is 0. The molecule has 0 aliphatic heterocycles. The summed E-state index contributed by atoms with van der Waals surface area (Å²) in [5.74, 6) is 0.478. The van der Waals surface area contributed by atoms with E-state index in [4.69, 9.17) is 0 Å². The maximum atomic E-state index is 12.0. The van der Waals surface area contributed by atoms with Gasteiger partial charge in [0.15, 0.2) is 0 Å². The van der Waals surface area contributed by atoms with Gasteiger partial charge in [-0.1, -0.05) is 13.8 Å². The minimum atomic E-state index is -3.29. The van der Waals surface area contributed by atoms with Crippen molar-refractivity contribution in [1.29, 1.82) is 0 Å². The third-order valence-corrected chi connectivity index (χ3v) is 5.87. The van der Waals surface area contributed by atoms with Crippen LogP contribution in [0.25, 0.3) is 0 Å². The summed E-state index contributed by atoms with van der Waals surface area (Å²) >= 11 is 1.29. The fraction of sp³-hybridized carbons (Fsp3) is 0.636. The first-order chi connectivity index (χ1) is 8.03. The van der Waals surface area contributed by atoms with E-state index in [-0.39, 0.29) is 6.04 Å². The van der Waals surface area contributed by atoms with E-state index in [1.54, 1.807) is 6.07 Å². The van der Waals surface area contributed by atoms with E-state index < -0.39 is 10.0 Å². The molecular formula is C11H18N2O2S2. The van der Waals surface area contributed by atoms with Gasteiger partial charge in [0, 0.05) is 12.6 Å². The van der Waals surface area contributed by atoms with Crippen molar-refractivity contribution in [2.24, 2.45) is 5.92 Å². The van der Waals surface area contributed by atoms with Gasteiger partial charge in [-0.05, 0) is 35.9 Å². The highest BCUT2D eigenvalue weighted by atomic mass is 32.2. The first-order valence-electron chi connectivity index (χ1n) is 5.83. The van der Waals surface area contributed by atoms with Crippen LogP contribution in [0.15, 0.2) is 15.7 Å².